The minimum Gasteiger partial charge on any atom is -0.462 e. The Bertz CT molecular complexity index is 1160. The van der Waals surface area contributed by atoms with Gasteiger partial charge in [-0.05, 0) is 48.5 Å². The molecule has 0 radical (unpaired) electrons. The quantitative estimate of drug-likeness (QED) is 0.324. The number of anilines is 1. The fourth-order valence-electron chi connectivity index (χ4n) is 3.77. The van der Waals surface area contributed by atoms with Crippen LogP contribution in [0.2, 0.25) is 5.02 Å². The lowest BCUT2D eigenvalue weighted by Crippen LogP contribution is -2.49. The van der Waals surface area contributed by atoms with Crippen molar-refractivity contribution in [1.29, 1.82) is 0 Å². The van der Waals surface area contributed by atoms with E-state index >= 15 is 0 Å². The summed E-state index contributed by atoms with van der Waals surface area (Å²) < 4.78 is 18.7. The van der Waals surface area contributed by atoms with Gasteiger partial charge in [0, 0.05) is 37.6 Å². The lowest BCUT2D eigenvalue weighted by molar-refractivity contribution is 0.0528. The van der Waals surface area contributed by atoms with Crippen LogP contribution in [0.4, 0.5) is 9.39 Å². The van der Waals surface area contributed by atoms with Crippen LogP contribution in [0, 0.1) is 5.82 Å². The van der Waals surface area contributed by atoms with E-state index in [9.17, 15) is 9.18 Å². The first kappa shape index (κ1) is 24.6. The highest BCUT2D eigenvalue weighted by Crippen LogP contribution is 2.36. The number of ether oxygens (including phenoxy) is 1. The van der Waals surface area contributed by atoms with Crippen molar-refractivity contribution in [3.8, 4) is 10.4 Å². The number of carbonyl (C=O) groups is 1. The second-order valence-electron chi connectivity index (χ2n) is 7.88. The summed E-state index contributed by atoms with van der Waals surface area (Å²) in [5, 5.41) is 4.69. The molecule has 0 aliphatic carbocycles. The first-order chi connectivity index (χ1) is 16.4. The zero-order valence-electron chi connectivity index (χ0n) is 18.7. The van der Waals surface area contributed by atoms with E-state index in [-0.39, 0.29) is 11.0 Å². The maximum absolute atomic E-state index is 13.4. The summed E-state index contributed by atoms with van der Waals surface area (Å²) in [4.78, 5) is 17.9. The SMILES string of the molecule is CCOC(=O)c1cc(-c2ccccc2)sc1NC(=S)N1CCN(Cc2ccc(F)c(Cl)c2)CC1. The van der Waals surface area contributed by atoms with E-state index < -0.39 is 5.82 Å². The molecule has 34 heavy (non-hydrogen) atoms. The Morgan fingerprint density at radius 1 is 1.15 bits per heavy atom. The Labute approximate surface area is 213 Å². The van der Waals surface area contributed by atoms with Gasteiger partial charge in [0.05, 0.1) is 17.2 Å². The number of benzene rings is 2. The third-order valence-corrected chi connectivity index (χ3v) is 7.31. The molecule has 4 rings (SSSR count). The van der Waals surface area contributed by atoms with Crippen molar-refractivity contribution in [3.63, 3.8) is 0 Å². The number of hydrogen-bond acceptors (Lipinski definition) is 5. The number of halogens is 2. The Kier molecular flexibility index (Phi) is 8.15. The fraction of sp³-hybridized carbons (Fsp3) is 0.280. The van der Waals surface area contributed by atoms with Crippen LogP contribution in [0.3, 0.4) is 0 Å². The number of nitrogens with one attached hydrogen (secondary N) is 1. The van der Waals surface area contributed by atoms with E-state index in [2.05, 4.69) is 15.1 Å². The van der Waals surface area contributed by atoms with Gasteiger partial charge in [-0.1, -0.05) is 48.0 Å². The molecule has 0 atom stereocenters. The van der Waals surface area contributed by atoms with E-state index in [0.29, 0.717) is 28.8 Å². The average Bonchev–Trinajstić information content (AvgIpc) is 3.26. The lowest BCUT2D eigenvalue weighted by Gasteiger charge is -2.36. The maximum atomic E-state index is 13.4. The molecule has 3 aromatic rings. The van der Waals surface area contributed by atoms with E-state index in [1.165, 1.54) is 17.4 Å². The summed E-state index contributed by atoms with van der Waals surface area (Å²) in [5.41, 5.74) is 2.50. The van der Waals surface area contributed by atoms with Gasteiger partial charge in [0.15, 0.2) is 5.11 Å². The maximum Gasteiger partial charge on any atom is 0.341 e. The molecule has 0 unspecified atom stereocenters. The third kappa shape index (κ3) is 5.93. The minimum absolute atomic E-state index is 0.143. The van der Waals surface area contributed by atoms with Crippen molar-refractivity contribution in [3.05, 3.63) is 76.6 Å². The zero-order chi connectivity index (χ0) is 24.1. The normalized spacial score (nSPS) is 14.1. The number of hydrogen-bond donors (Lipinski definition) is 1. The molecular formula is C25H25ClFN3O2S2. The van der Waals surface area contributed by atoms with Gasteiger partial charge in [0.2, 0.25) is 0 Å². The summed E-state index contributed by atoms with van der Waals surface area (Å²) in [6.07, 6.45) is 0. The molecule has 1 fully saturated rings. The molecule has 1 aromatic heterocycles. The number of carbonyl (C=O) groups excluding carboxylic acids is 1. The standard InChI is InChI=1S/C25H25ClFN3O2S2/c1-2-32-24(31)19-15-22(18-6-4-3-5-7-18)34-23(19)28-25(33)30-12-10-29(11-13-30)16-17-8-9-21(27)20(26)14-17/h3-9,14-15H,2,10-13,16H2,1H3,(H,28,33). The molecule has 9 heteroatoms. The highest BCUT2D eigenvalue weighted by molar-refractivity contribution is 7.80. The average molecular weight is 518 g/mol. The van der Waals surface area contributed by atoms with E-state index in [4.69, 9.17) is 28.6 Å². The molecule has 0 bridgehead atoms. The summed E-state index contributed by atoms with van der Waals surface area (Å²) in [5.74, 6) is -0.771. The van der Waals surface area contributed by atoms with Gasteiger partial charge in [-0.3, -0.25) is 4.90 Å². The van der Waals surface area contributed by atoms with Crippen LogP contribution in [0.25, 0.3) is 10.4 Å². The number of piperazine rings is 1. The Morgan fingerprint density at radius 3 is 2.56 bits per heavy atom. The molecular weight excluding hydrogens is 493 g/mol. The van der Waals surface area contributed by atoms with Crippen molar-refractivity contribution in [2.75, 3.05) is 38.1 Å². The highest BCUT2D eigenvalue weighted by atomic mass is 35.5. The van der Waals surface area contributed by atoms with Crippen molar-refractivity contribution in [1.82, 2.24) is 9.80 Å². The van der Waals surface area contributed by atoms with Gasteiger partial charge in [-0.15, -0.1) is 11.3 Å². The van der Waals surface area contributed by atoms with Crippen LogP contribution in [-0.2, 0) is 11.3 Å². The lowest BCUT2D eigenvalue weighted by atomic mass is 10.1. The van der Waals surface area contributed by atoms with E-state index in [0.717, 1.165) is 42.2 Å². The topological polar surface area (TPSA) is 44.8 Å². The molecule has 0 saturated carbocycles. The van der Waals surface area contributed by atoms with Gasteiger partial charge < -0.3 is 15.0 Å². The smallest absolute Gasteiger partial charge is 0.341 e. The Morgan fingerprint density at radius 2 is 1.88 bits per heavy atom. The number of rotatable bonds is 6. The van der Waals surface area contributed by atoms with Crippen molar-refractivity contribution in [2.45, 2.75) is 13.5 Å². The van der Waals surface area contributed by atoms with Gasteiger partial charge in [0.1, 0.15) is 10.8 Å². The predicted octanol–water partition coefficient (Wildman–Crippen LogP) is 5.90. The van der Waals surface area contributed by atoms with Crippen molar-refractivity contribution in [2.24, 2.45) is 0 Å². The van der Waals surface area contributed by atoms with Crippen LogP contribution in [0.5, 0.6) is 0 Å². The second kappa shape index (κ2) is 11.3. The second-order valence-corrected chi connectivity index (χ2v) is 9.73. The largest absolute Gasteiger partial charge is 0.462 e. The predicted molar refractivity (Wildman–Crippen MR) is 140 cm³/mol. The highest BCUT2D eigenvalue weighted by Gasteiger charge is 2.23. The monoisotopic (exact) mass is 517 g/mol. The summed E-state index contributed by atoms with van der Waals surface area (Å²) in [6, 6.07) is 16.6. The Balaban J connectivity index is 1.41. The first-order valence-electron chi connectivity index (χ1n) is 11.0. The van der Waals surface area contributed by atoms with Gasteiger partial charge in [0.25, 0.3) is 0 Å². The molecule has 0 spiro atoms. The van der Waals surface area contributed by atoms with Gasteiger partial charge >= 0.3 is 5.97 Å². The molecule has 2 heterocycles. The van der Waals surface area contributed by atoms with Crippen LogP contribution in [0.1, 0.15) is 22.8 Å². The van der Waals surface area contributed by atoms with Gasteiger partial charge in [-0.2, -0.15) is 0 Å². The molecule has 5 nitrogen and oxygen atoms in total. The molecule has 1 aliphatic heterocycles. The first-order valence-corrected chi connectivity index (χ1v) is 12.6. The number of nitrogens with zero attached hydrogens (tertiary/aromatic N) is 2. The van der Waals surface area contributed by atoms with Crippen LogP contribution >= 0.6 is 35.2 Å². The zero-order valence-corrected chi connectivity index (χ0v) is 21.1. The molecule has 1 saturated heterocycles. The number of thiocarbonyl (C=S) groups is 1. The summed E-state index contributed by atoms with van der Waals surface area (Å²) >= 11 is 13.1. The molecule has 1 aliphatic rings. The van der Waals surface area contributed by atoms with Crippen LogP contribution in [0.15, 0.2) is 54.6 Å². The Hall–Kier alpha value is -2.52. The van der Waals surface area contributed by atoms with E-state index in [1.807, 2.05) is 36.4 Å². The number of thiophene rings is 1. The molecule has 0 amide bonds. The third-order valence-electron chi connectivity index (χ3n) is 5.56. The fourth-order valence-corrected chi connectivity index (χ4v) is 5.37. The summed E-state index contributed by atoms with van der Waals surface area (Å²) in [7, 11) is 0. The van der Waals surface area contributed by atoms with Gasteiger partial charge in [-0.25, -0.2) is 9.18 Å². The van der Waals surface area contributed by atoms with Crippen LogP contribution < -0.4 is 5.32 Å². The molecule has 2 aromatic carbocycles. The number of esters is 1. The van der Waals surface area contributed by atoms with Crippen LogP contribution in [-0.4, -0.2) is 53.7 Å². The van der Waals surface area contributed by atoms with Crippen molar-refractivity contribution < 1.29 is 13.9 Å². The van der Waals surface area contributed by atoms with E-state index in [1.54, 1.807) is 19.1 Å². The molecule has 178 valence electrons. The minimum atomic E-state index is -0.405. The molecule has 1 N–H and O–H groups in total. The summed E-state index contributed by atoms with van der Waals surface area (Å²) in [6.45, 7) is 5.90. The van der Waals surface area contributed by atoms with Crippen molar-refractivity contribution >= 4 is 51.2 Å².